The summed E-state index contributed by atoms with van der Waals surface area (Å²) in [7, 11) is 0. The van der Waals surface area contributed by atoms with Gasteiger partial charge in [0.15, 0.2) is 5.82 Å². The van der Waals surface area contributed by atoms with Crippen LogP contribution in [-0.4, -0.2) is 21.1 Å². The van der Waals surface area contributed by atoms with Gasteiger partial charge in [-0.25, -0.2) is 8.78 Å². The zero-order valence-corrected chi connectivity index (χ0v) is 17.1. The molecule has 0 unspecified atom stereocenters. The monoisotopic (exact) mass is 440 g/mol. The molecule has 150 valence electrons. The van der Waals surface area contributed by atoms with Gasteiger partial charge in [-0.1, -0.05) is 71.9 Å². The number of aromatic nitrogens is 3. The van der Waals surface area contributed by atoms with Crippen LogP contribution in [0, 0.1) is 11.6 Å². The molecule has 0 aliphatic heterocycles. The van der Waals surface area contributed by atoms with E-state index in [0.717, 1.165) is 11.1 Å². The third-order valence-electron chi connectivity index (χ3n) is 4.24. The first-order chi connectivity index (χ1) is 14.6. The zero-order chi connectivity index (χ0) is 20.9. The topological polar surface area (TPSA) is 43.1 Å². The summed E-state index contributed by atoms with van der Waals surface area (Å²) in [4.78, 5) is 0. The first-order valence-corrected chi connectivity index (χ1v) is 10.3. The van der Waals surface area contributed by atoms with Crippen molar-refractivity contribution < 1.29 is 8.78 Å². The molecular weight excluding hydrogens is 426 g/mol. The van der Waals surface area contributed by atoms with Crippen molar-refractivity contribution in [1.29, 1.82) is 0 Å². The molecule has 0 radical (unpaired) electrons. The maximum atomic E-state index is 14.1. The van der Waals surface area contributed by atoms with Crippen molar-refractivity contribution in [2.24, 2.45) is 5.10 Å². The van der Waals surface area contributed by atoms with E-state index >= 15 is 0 Å². The molecule has 1 heterocycles. The molecule has 0 N–H and O–H groups in total. The van der Waals surface area contributed by atoms with Gasteiger partial charge in [-0.05, 0) is 29.8 Å². The van der Waals surface area contributed by atoms with Crippen LogP contribution in [0.4, 0.5) is 8.78 Å². The highest BCUT2D eigenvalue weighted by Gasteiger charge is 2.16. The van der Waals surface area contributed by atoms with Crippen molar-refractivity contribution in [3.8, 4) is 11.4 Å². The van der Waals surface area contributed by atoms with Crippen molar-refractivity contribution in [3.63, 3.8) is 0 Å². The minimum absolute atomic E-state index is 0.268. The van der Waals surface area contributed by atoms with E-state index in [0.29, 0.717) is 21.6 Å². The largest absolute Gasteiger partial charge is 0.212 e. The molecule has 0 spiro atoms. The summed E-state index contributed by atoms with van der Waals surface area (Å²) >= 11 is 7.41. The van der Waals surface area contributed by atoms with Gasteiger partial charge in [0.2, 0.25) is 5.16 Å². The lowest BCUT2D eigenvalue weighted by molar-refractivity contribution is 0.617. The maximum absolute atomic E-state index is 14.1. The molecule has 8 heteroatoms. The van der Waals surface area contributed by atoms with Crippen LogP contribution in [0.3, 0.4) is 0 Å². The van der Waals surface area contributed by atoms with Crippen molar-refractivity contribution >= 4 is 29.6 Å². The van der Waals surface area contributed by atoms with Crippen LogP contribution in [0.15, 0.2) is 83.1 Å². The SMILES string of the molecule is Fc1ccc(C=Nn2c(SCc3c(F)cccc3Cl)nnc2-c2ccccc2)cc1. The molecule has 0 amide bonds. The van der Waals surface area contributed by atoms with Crippen LogP contribution in [0.2, 0.25) is 5.02 Å². The number of rotatable bonds is 6. The normalized spacial score (nSPS) is 11.3. The molecule has 4 rings (SSSR count). The van der Waals surface area contributed by atoms with E-state index < -0.39 is 0 Å². The first-order valence-electron chi connectivity index (χ1n) is 8.98. The van der Waals surface area contributed by atoms with E-state index in [1.165, 1.54) is 30.0 Å². The summed E-state index contributed by atoms with van der Waals surface area (Å²) < 4.78 is 28.9. The Morgan fingerprint density at radius 2 is 1.70 bits per heavy atom. The van der Waals surface area contributed by atoms with Gasteiger partial charge in [-0.15, -0.1) is 10.2 Å². The number of benzene rings is 3. The Morgan fingerprint density at radius 1 is 0.933 bits per heavy atom. The second-order valence-corrected chi connectivity index (χ2v) is 7.62. The molecule has 0 saturated carbocycles. The molecule has 4 aromatic rings. The van der Waals surface area contributed by atoms with E-state index in [4.69, 9.17) is 11.6 Å². The number of thioether (sulfide) groups is 1. The lowest BCUT2D eigenvalue weighted by atomic mass is 10.2. The van der Waals surface area contributed by atoms with E-state index in [2.05, 4.69) is 15.3 Å². The van der Waals surface area contributed by atoms with Gasteiger partial charge in [-0.3, -0.25) is 0 Å². The summed E-state index contributed by atoms with van der Waals surface area (Å²) in [6, 6.07) is 20.0. The van der Waals surface area contributed by atoms with Crippen LogP contribution in [-0.2, 0) is 5.75 Å². The molecule has 0 aliphatic rings. The Labute approximate surface area is 181 Å². The molecule has 0 atom stereocenters. The highest BCUT2D eigenvalue weighted by Crippen LogP contribution is 2.30. The Hall–Kier alpha value is -3.03. The Morgan fingerprint density at radius 3 is 2.43 bits per heavy atom. The quantitative estimate of drug-likeness (QED) is 0.271. The average molecular weight is 441 g/mol. The van der Waals surface area contributed by atoms with Gasteiger partial charge in [0.25, 0.3) is 0 Å². The molecule has 0 saturated heterocycles. The van der Waals surface area contributed by atoms with E-state index in [1.807, 2.05) is 30.3 Å². The standard InChI is InChI=1S/C22H15ClF2N4S/c23-19-7-4-8-20(25)18(19)14-30-22-28-27-21(16-5-2-1-3-6-16)29(22)26-13-15-9-11-17(24)12-10-15/h1-13H,14H2. The molecule has 3 aromatic carbocycles. The second-order valence-electron chi connectivity index (χ2n) is 6.27. The van der Waals surface area contributed by atoms with Crippen molar-refractivity contribution in [3.05, 3.63) is 101 Å². The molecule has 0 aliphatic carbocycles. The fraction of sp³-hybridized carbons (Fsp3) is 0.0455. The molecule has 0 bridgehead atoms. The van der Waals surface area contributed by atoms with Crippen LogP contribution in [0.25, 0.3) is 11.4 Å². The minimum atomic E-state index is -0.376. The summed E-state index contributed by atoms with van der Waals surface area (Å²) in [5.74, 6) is 0.111. The number of hydrogen-bond acceptors (Lipinski definition) is 4. The summed E-state index contributed by atoms with van der Waals surface area (Å²) in [5, 5.41) is 13.8. The molecule has 4 nitrogen and oxygen atoms in total. The van der Waals surface area contributed by atoms with Crippen molar-refractivity contribution in [1.82, 2.24) is 14.9 Å². The molecule has 0 fully saturated rings. The van der Waals surface area contributed by atoms with Crippen molar-refractivity contribution in [2.75, 3.05) is 0 Å². The first kappa shape index (κ1) is 20.3. The Bertz CT molecular complexity index is 1160. The maximum Gasteiger partial charge on any atom is 0.212 e. The fourth-order valence-electron chi connectivity index (χ4n) is 2.71. The van der Waals surface area contributed by atoms with Gasteiger partial charge >= 0.3 is 0 Å². The zero-order valence-electron chi connectivity index (χ0n) is 15.5. The van der Waals surface area contributed by atoms with Crippen LogP contribution >= 0.6 is 23.4 Å². The predicted molar refractivity (Wildman–Crippen MR) is 116 cm³/mol. The smallest absolute Gasteiger partial charge is 0.207 e. The van der Waals surface area contributed by atoms with E-state index in [1.54, 1.807) is 35.2 Å². The lowest BCUT2D eigenvalue weighted by Gasteiger charge is -2.07. The Balaban J connectivity index is 1.68. The van der Waals surface area contributed by atoms with Crippen LogP contribution in [0.1, 0.15) is 11.1 Å². The van der Waals surface area contributed by atoms with Gasteiger partial charge < -0.3 is 0 Å². The number of halogens is 3. The highest BCUT2D eigenvalue weighted by molar-refractivity contribution is 7.98. The molecule has 30 heavy (non-hydrogen) atoms. The summed E-state index contributed by atoms with van der Waals surface area (Å²) in [5.41, 5.74) is 1.94. The van der Waals surface area contributed by atoms with Crippen LogP contribution < -0.4 is 0 Å². The van der Waals surface area contributed by atoms with Gasteiger partial charge in [-0.2, -0.15) is 9.78 Å². The van der Waals surface area contributed by atoms with Crippen LogP contribution in [0.5, 0.6) is 0 Å². The van der Waals surface area contributed by atoms with Gasteiger partial charge in [0.1, 0.15) is 11.6 Å². The molecular formula is C22H15ClF2N4S. The van der Waals surface area contributed by atoms with Gasteiger partial charge in [0, 0.05) is 21.9 Å². The summed E-state index contributed by atoms with van der Waals surface area (Å²) in [6.07, 6.45) is 1.59. The third kappa shape index (κ3) is 4.58. The summed E-state index contributed by atoms with van der Waals surface area (Å²) in [6.45, 7) is 0. The van der Waals surface area contributed by atoms with E-state index in [-0.39, 0.29) is 17.4 Å². The number of hydrogen-bond donors (Lipinski definition) is 0. The van der Waals surface area contributed by atoms with E-state index in [9.17, 15) is 8.78 Å². The Kier molecular flexibility index (Phi) is 6.21. The third-order valence-corrected chi connectivity index (χ3v) is 5.54. The fourth-order valence-corrected chi connectivity index (χ4v) is 3.94. The average Bonchev–Trinajstić information content (AvgIpc) is 3.16. The lowest BCUT2D eigenvalue weighted by Crippen LogP contribution is -1.98. The number of nitrogens with zero attached hydrogens (tertiary/aromatic N) is 4. The highest BCUT2D eigenvalue weighted by atomic mass is 35.5. The van der Waals surface area contributed by atoms with Gasteiger partial charge in [0.05, 0.1) is 6.21 Å². The predicted octanol–water partition coefficient (Wildman–Crippen LogP) is 6.05. The molecule has 1 aromatic heterocycles. The minimum Gasteiger partial charge on any atom is -0.207 e. The second kappa shape index (κ2) is 9.19. The van der Waals surface area contributed by atoms with Crippen molar-refractivity contribution in [2.45, 2.75) is 10.9 Å².